The van der Waals surface area contributed by atoms with Crippen LogP contribution in [0.15, 0.2) is 36.9 Å². The van der Waals surface area contributed by atoms with Gasteiger partial charge in [-0.25, -0.2) is 4.79 Å². The molecule has 1 aromatic rings. The number of allylic oxidation sites excluding steroid dienone is 1. The number of carbonyl (C=O) groups excluding carboxylic acids is 1. The molecular weight excluding hydrogens is 325 g/mol. The maximum Gasteiger partial charge on any atom is 0.534 e. The highest BCUT2D eigenvalue weighted by Crippen LogP contribution is 2.27. The van der Waals surface area contributed by atoms with Crippen LogP contribution in [-0.2, 0) is 14.9 Å². The van der Waals surface area contributed by atoms with Gasteiger partial charge in [-0.15, -0.1) is 6.58 Å². The zero-order valence-corrected chi connectivity index (χ0v) is 12.1. The smallest absolute Gasteiger partial charge is 0.462 e. The Morgan fingerprint density at radius 1 is 1.23 bits per heavy atom. The van der Waals surface area contributed by atoms with Crippen molar-refractivity contribution in [2.45, 2.75) is 18.3 Å². The highest BCUT2D eigenvalue weighted by Gasteiger charge is 2.48. The fraction of sp³-hybridized carbons (Fsp3) is 0.308. The average Bonchev–Trinajstić information content (AvgIpc) is 2.42. The van der Waals surface area contributed by atoms with Crippen molar-refractivity contribution in [1.82, 2.24) is 0 Å². The molecule has 0 aliphatic heterocycles. The van der Waals surface area contributed by atoms with E-state index in [4.69, 9.17) is 4.74 Å². The fourth-order valence-electron chi connectivity index (χ4n) is 1.30. The van der Waals surface area contributed by atoms with Crippen molar-refractivity contribution >= 4 is 16.1 Å². The first-order chi connectivity index (χ1) is 10.2. The Hall–Kier alpha value is -2.03. The van der Waals surface area contributed by atoms with E-state index in [9.17, 15) is 26.4 Å². The zero-order chi connectivity index (χ0) is 16.8. The third-order valence-electron chi connectivity index (χ3n) is 2.37. The molecule has 0 heterocycles. The second kappa shape index (κ2) is 7.30. The van der Waals surface area contributed by atoms with Gasteiger partial charge in [0, 0.05) is 0 Å². The van der Waals surface area contributed by atoms with E-state index in [0.29, 0.717) is 12.8 Å². The third kappa shape index (κ3) is 5.06. The van der Waals surface area contributed by atoms with E-state index >= 15 is 0 Å². The van der Waals surface area contributed by atoms with Crippen LogP contribution in [0.1, 0.15) is 23.2 Å². The summed E-state index contributed by atoms with van der Waals surface area (Å²) in [5.74, 6) is -1.23. The fourth-order valence-corrected chi connectivity index (χ4v) is 1.76. The maximum atomic E-state index is 12.1. The van der Waals surface area contributed by atoms with Gasteiger partial charge in [0.15, 0.2) is 0 Å². The van der Waals surface area contributed by atoms with E-state index in [1.807, 2.05) is 0 Å². The molecule has 0 aromatic heterocycles. The molecule has 9 heteroatoms. The summed E-state index contributed by atoms with van der Waals surface area (Å²) in [5, 5.41) is 0. The Morgan fingerprint density at radius 3 is 2.32 bits per heavy atom. The first kappa shape index (κ1) is 18.0. The molecule has 0 atom stereocenters. The van der Waals surface area contributed by atoms with Crippen molar-refractivity contribution in [3.05, 3.63) is 42.5 Å². The predicted molar refractivity (Wildman–Crippen MR) is 71.8 cm³/mol. The number of halogens is 3. The summed E-state index contributed by atoms with van der Waals surface area (Å²) in [5.41, 5.74) is -5.45. The van der Waals surface area contributed by atoms with Crippen LogP contribution in [0.2, 0.25) is 0 Å². The molecule has 0 unspecified atom stereocenters. The van der Waals surface area contributed by atoms with Gasteiger partial charge in [0.2, 0.25) is 0 Å². The minimum atomic E-state index is -5.73. The number of alkyl halides is 3. The van der Waals surface area contributed by atoms with Crippen LogP contribution in [0.4, 0.5) is 13.2 Å². The summed E-state index contributed by atoms with van der Waals surface area (Å²) in [7, 11) is -5.73. The van der Waals surface area contributed by atoms with Crippen molar-refractivity contribution in [2.24, 2.45) is 0 Å². The largest absolute Gasteiger partial charge is 0.534 e. The molecule has 0 spiro atoms. The number of ether oxygens (including phenoxy) is 1. The Morgan fingerprint density at radius 2 is 1.82 bits per heavy atom. The van der Waals surface area contributed by atoms with Gasteiger partial charge in [0.1, 0.15) is 5.75 Å². The van der Waals surface area contributed by atoms with Crippen molar-refractivity contribution in [2.75, 3.05) is 6.61 Å². The second-order valence-corrected chi connectivity index (χ2v) is 5.61. The number of carbonyl (C=O) groups is 1. The summed E-state index contributed by atoms with van der Waals surface area (Å²) >= 11 is 0. The van der Waals surface area contributed by atoms with Gasteiger partial charge in [0.25, 0.3) is 0 Å². The average molecular weight is 338 g/mol. The predicted octanol–water partition coefficient (Wildman–Crippen LogP) is 3.04. The normalized spacial score (nSPS) is 11.8. The summed E-state index contributed by atoms with van der Waals surface area (Å²) in [6, 6.07) is 4.08. The van der Waals surface area contributed by atoms with Crippen LogP contribution < -0.4 is 4.18 Å². The van der Waals surface area contributed by atoms with Gasteiger partial charge in [-0.05, 0) is 37.1 Å². The van der Waals surface area contributed by atoms with Gasteiger partial charge >= 0.3 is 21.6 Å². The topological polar surface area (TPSA) is 69.7 Å². The molecule has 1 aromatic carbocycles. The summed E-state index contributed by atoms with van der Waals surface area (Å²) in [6.07, 6.45) is 2.94. The van der Waals surface area contributed by atoms with Gasteiger partial charge in [-0.3, -0.25) is 0 Å². The molecule has 0 saturated heterocycles. The van der Waals surface area contributed by atoms with Crippen LogP contribution in [0.25, 0.3) is 0 Å². The first-order valence-electron chi connectivity index (χ1n) is 6.06. The van der Waals surface area contributed by atoms with Crippen molar-refractivity contribution in [3.8, 4) is 5.75 Å². The minimum Gasteiger partial charge on any atom is -0.462 e. The van der Waals surface area contributed by atoms with Gasteiger partial charge in [0.05, 0.1) is 12.2 Å². The number of hydrogen-bond donors (Lipinski definition) is 0. The molecule has 0 bridgehead atoms. The highest BCUT2D eigenvalue weighted by atomic mass is 32.2. The van der Waals surface area contributed by atoms with E-state index < -0.39 is 27.3 Å². The lowest BCUT2D eigenvalue weighted by Gasteiger charge is -2.09. The van der Waals surface area contributed by atoms with Crippen molar-refractivity contribution in [1.29, 1.82) is 0 Å². The lowest BCUT2D eigenvalue weighted by molar-refractivity contribution is -0.0500. The molecule has 0 fully saturated rings. The van der Waals surface area contributed by atoms with Crippen LogP contribution in [-0.4, -0.2) is 26.5 Å². The summed E-state index contributed by atoms with van der Waals surface area (Å²) in [4.78, 5) is 11.6. The quantitative estimate of drug-likeness (QED) is 0.251. The Balaban J connectivity index is 2.67. The van der Waals surface area contributed by atoms with E-state index in [-0.39, 0.29) is 12.2 Å². The SMILES string of the molecule is C=CCCCOC(=O)c1ccc(OS(=O)(=O)C(F)(F)F)cc1. The summed E-state index contributed by atoms with van der Waals surface area (Å²) in [6.45, 7) is 3.68. The number of unbranched alkanes of at least 4 members (excludes halogenated alkanes) is 1. The molecular formula is C13H13F3O5S. The molecule has 0 saturated carbocycles. The number of esters is 1. The molecule has 0 N–H and O–H groups in total. The minimum absolute atomic E-state index is 0.0651. The van der Waals surface area contributed by atoms with Crippen LogP contribution >= 0.6 is 0 Å². The lowest BCUT2D eigenvalue weighted by Crippen LogP contribution is -2.28. The van der Waals surface area contributed by atoms with Gasteiger partial charge < -0.3 is 8.92 Å². The molecule has 0 radical (unpaired) electrons. The van der Waals surface area contributed by atoms with Gasteiger partial charge in [-0.2, -0.15) is 21.6 Å². The molecule has 5 nitrogen and oxygen atoms in total. The summed E-state index contributed by atoms with van der Waals surface area (Å²) < 4.78 is 66.8. The van der Waals surface area contributed by atoms with Crippen LogP contribution in [0.5, 0.6) is 5.75 Å². The van der Waals surface area contributed by atoms with Crippen molar-refractivity contribution in [3.63, 3.8) is 0 Å². The first-order valence-corrected chi connectivity index (χ1v) is 7.47. The monoisotopic (exact) mass is 338 g/mol. The number of hydrogen-bond acceptors (Lipinski definition) is 5. The van der Waals surface area contributed by atoms with E-state index in [0.717, 1.165) is 24.3 Å². The van der Waals surface area contributed by atoms with Gasteiger partial charge in [-0.1, -0.05) is 6.08 Å². The van der Waals surface area contributed by atoms with E-state index in [1.54, 1.807) is 6.08 Å². The Bertz CT molecular complexity index is 620. The Labute approximate surface area is 125 Å². The molecule has 22 heavy (non-hydrogen) atoms. The third-order valence-corrected chi connectivity index (χ3v) is 3.34. The molecule has 0 aliphatic rings. The molecule has 1 rings (SSSR count). The second-order valence-electron chi connectivity index (χ2n) is 4.07. The number of rotatable bonds is 7. The standard InChI is InChI=1S/C13H13F3O5S/c1-2-3-4-9-20-12(17)10-5-7-11(8-6-10)21-22(18,19)13(14,15)16/h2,5-8H,1,3-4,9H2. The Kier molecular flexibility index (Phi) is 5.98. The lowest BCUT2D eigenvalue weighted by atomic mass is 10.2. The highest BCUT2D eigenvalue weighted by molar-refractivity contribution is 7.87. The van der Waals surface area contributed by atoms with E-state index in [2.05, 4.69) is 10.8 Å². The van der Waals surface area contributed by atoms with Crippen LogP contribution in [0, 0.1) is 0 Å². The molecule has 0 amide bonds. The number of benzene rings is 1. The van der Waals surface area contributed by atoms with E-state index in [1.165, 1.54) is 0 Å². The molecule has 122 valence electrons. The van der Waals surface area contributed by atoms with Crippen LogP contribution in [0.3, 0.4) is 0 Å². The van der Waals surface area contributed by atoms with Crippen molar-refractivity contribution < 1.29 is 35.3 Å². The maximum absolute atomic E-state index is 12.1. The zero-order valence-electron chi connectivity index (χ0n) is 11.3. The molecule has 0 aliphatic carbocycles.